The fourth-order valence-corrected chi connectivity index (χ4v) is 1.58. The third-order valence-corrected chi connectivity index (χ3v) is 2.52. The molecular formula is C12H15FN2. The van der Waals surface area contributed by atoms with Crippen LogP contribution in [-0.4, -0.2) is 0 Å². The van der Waals surface area contributed by atoms with Crippen molar-refractivity contribution in [3.05, 3.63) is 35.6 Å². The van der Waals surface area contributed by atoms with Crippen LogP contribution in [0.4, 0.5) is 4.39 Å². The average Bonchev–Trinajstić information content (AvgIpc) is 2.18. The van der Waals surface area contributed by atoms with Gasteiger partial charge in [0.2, 0.25) is 0 Å². The van der Waals surface area contributed by atoms with Crippen LogP contribution in [0.2, 0.25) is 0 Å². The molecule has 0 saturated carbocycles. The maximum atomic E-state index is 13.4. The maximum absolute atomic E-state index is 13.4. The quantitative estimate of drug-likeness (QED) is 0.826. The molecule has 0 spiro atoms. The van der Waals surface area contributed by atoms with Crippen LogP contribution in [0.5, 0.6) is 0 Å². The minimum absolute atomic E-state index is 0.115. The first-order chi connectivity index (χ1) is 7.07. The summed E-state index contributed by atoms with van der Waals surface area (Å²) < 4.78 is 13.4. The molecule has 1 aromatic carbocycles. The number of halogens is 1. The van der Waals surface area contributed by atoms with Gasteiger partial charge in [0, 0.05) is 11.6 Å². The highest BCUT2D eigenvalue weighted by Crippen LogP contribution is 2.26. The van der Waals surface area contributed by atoms with Crippen LogP contribution >= 0.6 is 0 Å². The van der Waals surface area contributed by atoms with Crippen LogP contribution in [-0.2, 0) is 0 Å². The number of benzene rings is 1. The van der Waals surface area contributed by atoms with Crippen molar-refractivity contribution in [2.24, 2.45) is 17.6 Å². The van der Waals surface area contributed by atoms with Crippen molar-refractivity contribution in [1.29, 1.82) is 5.26 Å². The predicted octanol–water partition coefficient (Wildman–Crippen LogP) is 2.62. The molecule has 3 heteroatoms. The second kappa shape index (κ2) is 4.90. The molecule has 80 valence electrons. The summed E-state index contributed by atoms with van der Waals surface area (Å²) in [5.41, 5.74) is 6.30. The van der Waals surface area contributed by atoms with Gasteiger partial charge in [0.15, 0.2) is 0 Å². The van der Waals surface area contributed by atoms with Gasteiger partial charge in [-0.05, 0) is 12.0 Å². The molecule has 2 N–H and O–H groups in total. The van der Waals surface area contributed by atoms with E-state index in [1.807, 2.05) is 13.8 Å². The van der Waals surface area contributed by atoms with E-state index in [2.05, 4.69) is 6.07 Å². The molecule has 0 amide bonds. The van der Waals surface area contributed by atoms with Crippen molar-refractivity contribution in [2.45, 2.75) is 19.9 Å². The van der Waals surface area contributed by atoms with Gasteiger partial charge in [0.25, 0.3) is 0 Å². The first kappa shape index (κ1) is 11.7. The molecule has 0 fully saturated rings. The molecule has 0 aromatic heterocycles. The van der Waals surface area contributed by atoms with E-state index in [0.717, 1.165) is 0 Å². The van der Waals surface area contributed by atoms with Gasteiger partial charge in [-0.3, -0.25) is 0 Å². The highest BCUT2D eigenvalue weighted by atomic mass is 19.1. The Bertz CT molecular complexity index is 368. The Morgan fingerprint density at radius 1 is 1.33 bits per heavy atom. The molecule has 0 heterocycles. The van der Waals surface area contributed by atoms with Gasteiger partial charge in [-0.25, -0.2) is 4.39 Å². The lowest BCUT2D eigenvalue weighted by Gasteiger charge is -2.21. The Kier molecular flexibility index (Phi) is 3.81. The van der Waals surface area contributed by atoms with E-state index >= 15 is 0 Å². The standard InChI is InChI=1S/C12H15FN2/c1-8(2)10(7-14)12(15)9-5-3-4-6-11(9)13/h3-6,8,10,12H,15H2,1-2H3. The Morgan fingerprint density at radius 2 is 1.93 bits per heavy atom. The molecule has 0 saturated heterocycles. The van der Waals surface area contributed by atoms with Crippen molar-refractivity contribution in [2.75, 3.05) is 0 Å². The van der Waals surface area contributed by atoms with Gasteiger partial charge in [-0.2, -0.15) is 5.26 Å². The highest BCUT2D eigenvalue weighted by molar-refractivity contribution is 5.23. The van der Waals surface area contributed by atoms with E-state index in [1.165, 1.54) is 6.07 Å². The summed E-state index contributed by atoms with van der Waals surface area (Å²) in [6, 6.07) is 7.92. The molecule has 2 atom stereocenters. The molecule has 1 aromatic rings. The summed E-state index contributed by atoms with van der Waals surface area (Å²) in [7, 11) is 0. The number of nitriles is 1. The molecule has 0 aliphatic carbocycles. The van der Waals surface area contributed by atoms with Gasteiger partial charge < -0.3 is 5.73 Å². The largest absolute Gasteiger partial charge is 0.323 e. The molecule has 2 unspecified atom stereocenters. The fraction of sp³-hybridized carbons (Fsp3) is 0.417. The zero-order valence-corrected chi connectivity index (χ0v) is 8.94. The summed E-state index contributed by atoms with van der Waals surface area (Å²) in [5, 5.41) is 8.97. The second-order valence-electron chi connectivity index (χ2n) is 3.95. The number of rotatable bonds is 3. The number of nitrogens with two attached hydrogens (primary N) is 1. The lowest BCUT2D eigenvalue weighted by Crippen LogP contribution is -2.25. The van der Waals surface area contributed by atoms with Crippen molar-refractivity contribution in [3.63, 3.8) is 0 Å². The van der Waals surface area contributed by atoms with Crippen molar-refractivity contribution >= 4 is 0 Å². The van der Waals surface area contributed by atoms with Crippen molar-refractivity contribution < 1.29 is 4.39 Å². The van der Waals surface area contributed by atoms with Crippen LogP contribution in [0.25, 0.3) is 0 Å². The second-order valence-corrected chi connectivity index (χ2v) is 3.95. The van der Waals surface area contributed by atoms with Crippen LogP contribution in [0.3, 0.4) is 0 Å². The van der Waals surface area contributed by atoms with E-state index in [1.54, 1.807) is 18.2 Å². The zero-order chi connectivity index (χ0) is 11.4. The average molecular weight is 206 g/mol. The Morgan fingerprint density at radius 3 is 2.40 bits per heavy atom. The topological polar surface area (TPSA) is 49.8 Å². The predicted molar refractivity (Wildman–Crippen MR) is 57.3 cm³/mol. The molecular weight excluding hydrogens is 191 g/mol. The highest BCUT2D eigenvalue weighted by Gasteiger charge is 2.24. The Labute approximate surface area is 89.5 Å². The molecule has 2 nitrogen and oxygen atoms in total. The zero-order valence-electron chi connectivity index (χ0n) is 8.94. The molecule has 0 aliphatic rings. The normalized spacial score (nSPS) is 14.7. The summed E-state index contributed by atoms with van der Waals surface area (Å²) in [6.07, 6.45) is 0. The van der Waals surface area contributed by atoms with Crippen LogP contribution in [0.15, 0.2) is 24.3 Å². The fourth-order valence-electron chi connectivity index (χ4n) is 1.58. The molecule has 0 radical (unpaired) electrons. The number of hydrogen-bond acceptors (Lipinski definition) is 2. The van der Waals surface area contributed by atoms with Crippen molar-refractivity contribution in [3.8, 4) is 6.07 Å². The minimum Gasteiger partial charge on any atom is -0.323 e. The van der Waals surface area contributed by atoms with Gasteiger partial charge in [-0.15, -0.1) is 0 Å². The summed E-state index contributed by atoms with van der Waals surface area (Å²) in [6.45, 7) is 3.82. The molecule has 0 aliphatic heterocycles. The van der Waals surface area contributed by atoms with Crippen LogP contribution in [0.1, 0.15) is 25.5 Å². The third-order valence-electron chi connectivity index (χ3n) is 2.52. The summed E-state index contributed by atoms with van der Waals surface area (Å²) >= 11 is 0. The molecule has 15 heavy (non-hydrogen) atoms. The Balaban J connectivity index is 2.99. The van der Waals surface area contributed by atoms with E-state index in [4.69, 9.17) is 11.0 Å². The lowest BCUT2D eigenvalue weighted by molar-refractivity contribution is 0.394. The van der Waals surface area contributed by atoms with E-state index in [0.29, 0.717) is 5.56 Å². The van der Waals surface area contributed by atoms with E-state index < -0.39 is 6.04 Å². The first-order valence-electron chi connectivity index (χ1n) is 4.97. The first-order valence-corrected chi connectivity index (χ1v) is 4.97. The number of hydrogen-bond donors (Lipinski definition) is 1. The van der Waals surface area contributed by atoms with Gasteiger partial charge in [-0.1, -0.05) is 32.0 Å². The lowest BCUT2D eigenvalue weighted by atomic mass is 9.86. The van der Waals surface area contributed by atoms with Crippen LogP contribution in [0, 0.1) is 29.0 Å². The van der Waals surface area contributed by atoms with E-state index in [-0.39, 0.29) is 17.7 Å². The molecule has 1 rings (SSSR count). The SMILES string of the molecule is CC(C)C(C#N)C(N)c1ccccc1F. The minimum atomic E-state index is -0.559. The summed E-state index contributed by atoms with van der Waals surface area (Å²) in [5.74, 6) is -0.586. The van der Waals surface area contributed by atoms with Gasteiger partial charge >= 0.3 is 0 Å². The smallest absolute Gasteiger partial charge is 0.128 e. The summed E-state index contributed by atoms with van der Waals surface area (Å²) in [4.78, 5) is 0. The number of nitrogens with zero attached hydrogens (tertiary/aromatic N) is 1. The Hall–Kier alpha value is -1.40. The monoisotopic (exact) mass is 206 g/mol. The maximum Gasteiger partial charge on any atom is 0.128 e. The van der Waals surface area contributed by atoms with Crippen molar-refractivity contribution in [1.82, 2.24) is 0 Å². The van der Waals surface area contributed by atoms with Crippen LogP contribution < -0.4 is 5.73 Å². The molecule has 0 bridgehead atoms. The third kappa shape index (κ3) is 2.54. The van der Waals surface area contributed by atoms with E-state index in [9.17, 15) is 4.39 Å². The van der Waals surface area contributed by atoms with Gasteiger partial charge in [0.1, 0.15) is 5.82 Å². The van der Waals surface area contributed by atoms with Gasteiger partial charge in [0.05, 0.1) is 12.0 Å².